The number of nitrogens with one attached hydrogen (secondary N) is 1. The van der Waals surface area contributed by atoms with Crippen molar-refractivity contribution in [1.82, 2.24) is 9.80 Å². The van der Waals surface area contributed by atoms with Crippen LogP contribution in [0.3, 0.4) is 0 Å². The second-order valence-corrected chi connectivity index (χ2v) is 8.49. The lowest BCUT2D eigenvalue weighted by molar-refractivity contribution is -0.123. The molecular formula is C26H36N4O2. The Morgan fingerprint density at radius 1 is 1.03 bits per heavy atom. The summed E-state index contributed by atoms with van der Waals surface area (Å²) in [4.78, 5) is 29.0. The molecule has 1 aliphatic rings. The van der Waals surface area contributed by atoms with Crippen molar-refractivity contribution >= 4 is 17.5 Å². The Morgan fingerprint density at radius 3 is 2.22 bits per heavy atom. The van der Waals surface area contributed by atoms with E-state index in [0.717, 1.165) is 63.2 Å². The number of nitrogens with zero attached hydrogens (tertiary/aromatic N) is 2. The fraction of sp³-hybridized carbons (Fsp3) is 0.462. The molecule has 0 aromatic heterocycles. The molecule has 0 spiro atoms. The number of likely N-dealkylation sites (N-methyl/N-ethyl adjacent to an activating group) is 1. The third-order valence-electron chi connectivity index (χ3n) is 6.47. The Labute approximate surface area is 191 Å². The Balaban J connectivity index is 1.56. The molecule has 6 nitrogen and oxygen atoms in total. The first-order valence-corrected chi connectivity index (χ1v) is 11.7. The average Bonchev–Trinajstić information content (AvgIpc) is 2.82. The molecule has 2 amide bonds. The first-order chi connectivity index (χ1) is 15.5. The van der Waals surface area contributed by atoms with Gasteiger partial charge in [-0.25, -0.2) is 0 Å². The lowest BCUT2D eigenvalue weighted by Crippen LogP contribution is -2.39. The second kappa shape index (κ2) is 11.8. The first-order valence-electron chi connectivity index (χ1n) is 11.7. The summed E-state index contributed by atoms with van der Waals surface area (Å²) < 4.78 is 0. The van der Waals surface area contributed by atoms with Crippen LogP contribution in [0.5, 0.6) is 0 Å². The van der Waals surface area contributed by atoms with E-state index in [-0.39, 0.29) is 23.8 Å². The van der Waals surface area contributed by atoms with E-state index in [0.29, 0.717) is 0 Å². The van der Waals surface area contributed by atoms with Crippen LogP contribution in [0.25, 0.3) is 0 Å². The van der Waals surface area contributed by atoms with Gasteiger partial charge in [-0.05, 0) is 68.7 Å². The highest BCUT2D eigenvalue weighted by atomic mass is 16.2. The molecule has 172 valence electrons. The zero-order valence-corrected chi connectivity index (χ0v) is 19.3. The first kappa shape index (κ1) is 24.0. The number of carbonyl (C=O) groups is 2. The minimum absolute atomic E-state index is 0.00929. The summed E-state index contributed by atoms with van der Waals surface area (Å²) in [6.45, 7) is 8.59. The minimum atomic E-state index is -0.311. The van der Waals surface area contributed by atoms with Crippen LogP contribution in [0.15, 0.2) is 54.6 Å². The van der Waals surface area contributed by atoms with Gasteiger partial charge in [-0.3, -0.25) is 14.5 Å². The number of primary amides is 1. The summed E-state index contributed by atoms with van der Waals surface area (Å²) >= 11 is 0. The van der Waals surface area contributed by atoms with E-state index < -0.39 is 0 Å². The van der Waals surface area contributed by atoms with Crippen LogP contribution < -0.4 is 11.1 Å². The number of piperidine rings is 1. The van der Waals surface area contributed by atoms with Crippen LogP contribution in [0, 0.1) is 5.92 Å². The zero-order chi connectivity index (χ0) is 22.9. The van der Waals surface area contributed by atoms with E-state index in [1.165, 1.54) is 5.56 Å². The maximum atomic E-state index is 13.2. The topological polar surface area (TPSA) is 78.7 Å². The van der Waals surface area contributed by atoms with Crippen molar-refractivity contribution in [2.24, 2.45) is 11.7 Å². The predicted molar refractivity (Wildman–Crippen MR) is 129 cm³/mol. The SMILES string of the molecule is CCN(CC)C(C(=O)Nc1ccc(CCN2CCC(C(N)=O)CC2)cc1)c1ccccc1. The fourth-order valence-corrected chi connectivity index (χ4v) is 4.45. The van der Waals surface area contributed by atoms with Gasteiger partial charge in [-0.15, -0.1) is 0 Å². The van der Waals surface area contributed by atoms with Gasteiger partial charge in [-0.1, -0.05) is 56.3 Å². The van der Waals surface area contributed by atoms with Crippen LogP contribution >= 0.6 is 0 Å². The summed E-state index contributed by atoms with van der Waals surface area (Å²) in [6.07, 6.45) is 2.66. The van der Waals surface area contributed by atoms with Crippen LogP contribution in [-0.4, -0.2) is 54.3 Å². The van der Waals surface area contributed by atoms with Crippen molar-refractivity contribution in [2.45, 2.75) is 39.2 Å². The van der Waals surface area contributed by atoms with Gasteiger partial charge >= 0.3 is 0 Å². The standard InChI is InChI=1S/C26H36N4O2/c1-3-30(4-2)24(21-8-6-5-7-9-21)26(32)28-23-12-10-20(11-13-23)14-17-29-18-15-22(16-19-29)25(27)31/h5-13,22,24H,3-4,14-19H2,1-2H3,(H2,27,31)(H,28,32). The maximum absolute atomic E-state index is 13.2. The maximum Gasteiger partial charge on any atom is 0.246 e. The molecule has 2 aromatic rings. The van der Waals surface area contributed by atoms with E-state index >= 15 is 0 Å². The van der Waals surface area contributed by atoms with Crippen LogP contribution in [-0.2, 0) is 16.0 Å². The van der Waals surface area contributed by atoms with Gasteiger partial charge in [0.25, 0.3) is 0 Å². The van der Waals surface area contributed by atoms with E-state index in [9.17, 15) is 9.59 Å². The molecule has 2 aromatic carbocycles. The van der Waals surface area contributed by atoms with Gasteiger partial charge in [0.1, 0.15) is 6.04 Å². The van der Waals surface area contributed by atoms with Crippen LogP contribution in [0.1, 0.15) is 43.9 Å². The zero-order valence-electron chi connectivity index (χ0n) is 19.3. The molecule has 3 N–H and O–H groups in total. The van der Waals surface area contributed by atoms with Gasteiger partial charge in [0.15, 0.2) is 0 Å². The Morgan fingerprint density at radius 2 is 1.66 bits per heavy atom. The molecule has 32 heavy (non-hydrogen) atoms. The van der Waals surface area contributed by atoms with E-state index in [4.69, 9.17) is 5.73 Å². The van der Waals surface area contributed by atoms with Gasteiger partial charge in [0.05, 0.1) is 0 Å². The van der Waals surface area contributed by atoms with Gasteiger partial charge in [0, 0.05) is 18.2 Å². The smallest absolute Gasteiger partial charge is 0.246 e. The fourth-order valence-electron chi connectivity index (χ4n) is 4.45. The monoisotopic (exact) mass is 436 g/mol. The number of rotatable bonds is 10. The number of nitrogens with two attached hydrogens (primary N) is 1. The minimum Gasteiger partial charge on any atom is -0.369 e. The molecule has 0 saturated carbocycles. The number of carbonyl (C=O) groups excluding carboxylic acids is 2. The highest BCUT2D eigenvalue weighted by Gasteiger charge is 2.26. The molecule has 0 radical (unpaired) electrons. The van der Waals surface area contributed by atoms with Crippen molar-refractivity contribution in [3.8, 4) is 0 Å². The molecule has 0 bridgehead atoms. The second-order valence-electron chi connectivity index (χ2n) is 8.49. The van der Waals surface area contributed by atoms with Gasteiger partial charge in [0.2, 0.25) is 11.8 Å². The van der Waals surface area contributed by atoms with E-state index in [2.05, 4.69) is 41.1 Å². The number of hydrogen-bond acceptors (Lipinski definition) is 4. The third kappa shape index (κ3) is 6.40. The molecule has 1 saturated heterocycles. The van der Waals surface area contributed by atoms with Crippen molar-refractivity contribution in [1.29, 1.82) is 0 Å². The van der Waals surface area contributed by atoms with Gasteiger partial charge < -0.3 is 16.0 Å². The van der Waals surface area contributed by atoms with Crippen molar-refractivity contribution in [3.05, 3.63) is 65.7 Å². The molecule has 1 heterocycles. The van der Waals surface area contributed by atoms with Crippen molar-refractivity contribution in [3.63, 3.8) is 0 Å². The number of amides is 2. The summed E-state index contributed by atoms with van der Waals surface area (Å²) in [7, 11) is 0. The molecule has 1 fully saturated rings. The predicted octanol–water partition coefficient (Wildman–Crippen LogP) is 3.45. The highest BCUT2D eigenvalue weighted by Crippen LogP contribution is 2.23. The van der Waals surface area contributed by atoms with E-state index in [1.807, 2.05) is 42.5 Å². The molecule has 1 atom stereocenters. The Hall–Kier alpha value is -2.70. The summed E-state index contributed by atoms with van der Waals surface area (Å²) in [5, 5.41) is 3.10. The molecule has 1 aliphatic heterocycles. The summed E-state index contributed by atoms with van der Waals surface area (Å²) in [5.41, 5.74) is 8.48. The lowest BCUT2D eigenvalue weighted by Gasteiger charge is -2.30. The van der Waals surface area contributed by atoms with Crippen molar-refractivity contribution in [2.75, 3.05) is 38.0 Å². The largest absolute Gasteiger partial charge is 0.369 e. The van der Waals surface area contributed by atoms with E-state index in [1.54, 1.807) is 0 Å². The Kier molecular flexibility index (Phi) is 8.82. The van der Waals surface area contributed by atoms with Gasteiger partial charge in [-0.2, -0.15) is 0 Å². The molecular weight excluding hydrogens is 400 g/mol. The average molecular weight is 437 g/mol. The number of anilines is 1. The van der Waals surface area contributed by atoms with Crippen LogP contribution in [0.4, 0.5) is 5.69 Å². The number of hydrogen-bond donors (Lipinski definition) is 2. The number of likely N-dealkylation sites (tertiary alicyclic amines) is 1. The third-order valence-corrected chi connectivity index (χ3v) is 6.47. The molecule has 6 heteroatoms. The quantitative estimate of drug-likeness (QED) is 0.598. The van der Waals surface area contributed by atoms with Crippen molar-refractivity contribution < 1.29 is 9.59 Å². The number of benzene rings is 2. The Bertz CT molecular complexity index is 857. The lowest BCUT2D eigenvalue weighted by atomic mass is 9.96. The van der Waals surface area contributed by atoms with Crippen LogP contribution in [0.2, 0.25) is 0 Å². The molecule has 1 unspecified atom stereocenters. The summed E-state index contributed by atoms with van der Waals surface area (Å²) in [6, 6.07) is 17.8. The normalized spacial score (nSPS) is 16.1. The highest BCUT2D eigenvalue weighted by molar-refractivity contribution is 5.95. The molecule has 0 aliphatic carbocycles. The molecule has 3 rings (SSSR count). The summed E-state index contributed by atoms with van der Waals surface area (Å²) in [5.74, 6) is -0.145.